The van der Waals surface area contributed by atoms with Crippen molar-refractivity contribution in [1.29, 1.82) is 0 Å². The number of para-hydroxylation sites is 1. The first-order valence-corrected chi connectivity index (χ1v) is 11.7. The van der Waals surface area contributed by atoms with Crippen LogP contribution in [-0.2, 0) is 4.79 Å². The predicted octanol–water partition coefficient (Wildman–Crippen LogP) is 6.34. The standard InChI is InChI=1S/C24H19Cl2FN2O2S/c1-14-6-2-3-7-16(14)23(31)29-21(22(30)28-20-9-5-4-8-19(20)27)13-32-24(29)15-10-11-17(25)18(26)12-15/h2-12,21,24H,13H2,1H3,(H,28,30). The molecule has 4 rings (SSSR count). The van der Waals surface area contributed by atoms with Gasteiger partial charge < -0.3 is 10.2 Å². The second-order valence-electron chi connectivity index (χ2n) is 7.37. The zero-order chi connectivity index (χ0) is 22.8. The van der Waals surface area contributed by atoms with Crippen molar-refractivity contribution in [3.63, 3.8) is 0 Å². The van der Waals surface area contributed by atoms with E-state index in [2.05, 4.69) is 5.32 Å². The van der Waals surface area contributed by atoms with Gasteiger partial charge in [0.1, 0.15) is 17.2 Å². The minimum absolute atomic E-state index is 0.0729. The molecule has 1 aliphatic rings. The van der Waals surface area contributed by atoms with E-state index in [9.17, 15) is 14.0 Å². The number of carbonyl (C=O) groups excluding carboxylic acids is 2. The first-order valence-electron chi connectivity index (χ1n) is 9.87. The second kappa shape index (κ2) is 9.53. The van der Waals surface area contributed by atoms with Gasteiger partial charge in [-0.15, -0.1) is 11.8 Å². The third-order valence-corrected chi connectivity index (χ3v) is 7.34. The molecule has 2 unspecified atom stereocenters. The molecule has 1 N–H and O–H groups in total. The van der Waals surface area contributed by atoms with Gasteiger partial charge in [0.25, 0.3) is 5.91 Å². The molecule has 0 aromatic heterocycles. The Morgan fingerprint density at radius 1 is 1.03 bits per heavy atom. The summed E-state index contributed by atoms with van der Waals surface area (Å²) in [6.07, 6.45) is 0. The normalized spacial score (nSPS) is 17.9. The van der Waals surface area contributed by atoms with E-state index in [1.807, 2.05) is 19.1 Å². The van der Waals surface area contributed by atoms with Crippen LogP contribution in [0.5, 0.6) is 0 Å². The van der Waals surface area contributed by atoms with Crippen molar-refractivity contribution in [2.24, 2.45) is 0 Å². The Morgan fingerprint density at radius 2 is 1.75 bits per heavy atom. The Labute approximate surface area is 199 Å². The maximum Gasteiger partial charge on any atom is 0.256 e. The lowest BCUT2D eigenvalue weighted by Gasteiger charge is -2.30. The molecule has 2 atom stereocenters. The number of halogens is 3. The zero-order valence-corrected chi connectivity index (χ0v) is 19.3. The highest BCUT2D eigenvalue weighted by atomic mass is 35.5. The zero-order valence-electron chi connectivity index (χ0n) is 17.0. The molecule has 4 nitrogen and oxygen atoms in total. The van der Waals surface area contributed by atoms with Crippen LogP contribution in [0.1, 0.15) is 26.9 Å². The van der Waals surface area contributed by atoms with Gasteiger partial charge >= 0.3 is 0 Å². The average molecular weight is 489 g/mol. The van der Waals surface area contributed by atoms with Gasteiger partial charge in [0.15, 0.2) is 0 Å². The van der Waals surface area contributed by atoms with E-state index in [1.54, 1.807) is 47.4 Å². The smallest absolute Gasteiger partial charge is 0.256 e. The quantitative estimate of drug-likeness (QED) is 0.466. The van der Waals surface area contributed by atoms with Crippen molar-refractivity contribution in [2.75, 3.05) is 11.1 Å². The van der Waals surface area contributed by atoms with E-state index in [0.29, 0.717) is 21.4 Å². The minimum Gasteiger partial charge on any atom is -0.322 e. The van der Waals surface area contributed by atoms with Crippen LogP contribution < -0.4 is 5.32 Å². The highest BCUT2D eigenvalue weighted by Gasteiger charge is 2.43. The van der Waals surface area contributed by atoms with Crippen molar-refractivity contribution < 1.29 is 14.0 Å². The molecule has 0 radical (unpaired) electrons. The van der Waals surface area contributed by atoms with Crippen LogP contribution >= 0.6 is 35.0 Å². The fraction of sp³-hybridized carbons (Fsp3) is 0.167. The van der Waals surface area contributed by atoms with Gasteiger partial charge in [-0.1, -0.05) is 59.6 Å². The summed E-state index contributed by atoms with van der Waals surface area (Å²) in [5, 5.41) is 2.95. The van der Waals surface area contributed by atoms with E-state index < -0.39 is 23.1 Å². The van der Waals surface area contributed by atoms with Crippen LogP contribution in [0.3, 0.4) is 0 Å². The Bertz CT molecular complexity index is 1190. The summed E-state index contributed by atoms with van der Waals surface area (Å²) in [6.45, 7) is 1.85. The number of nitrogens with zero attached hydrogens (tertiary/aromatic N) is 1. The van der Waals surface area contributed by atoms with Crippen molar-refractivity contribution in [3.05, 3.63) is 99.3 Å². The third kappa shape index (κ3) is 4.49. The molecule has 32 heavy (non-hydrogen) atoms. The van der Waals surface area contributed by atoms with Gasteiger partial charge in [-0.3, -0.25) is 9.59 Å². The molecule has 0 spiro atoms. The van der Waals surface area contributed by atoms with Crippen molar-refractivity contribution >= 4 is 52.5 Å². The summed E-state index contributed by atoms with van der Waals surface area (Å²) in [4.78, 5) is 28.3. The van der Waals surface area contributed by atoms with Crippen LogP contribution in [-0.4, -0.2) is 28.5 Å². The number of benzene rings is 3. The molecular formula is C24H19Cl2FN2O2S. The van der Waals surface area contributed by atoms with Gasteiger partial charge in [-0.05, 0) is 48.4 Å². The maximum atomic E-state index is 14.1. The van der Waals surface area contributed by atoms with Crippen LogP contribution in [0, 0.1) is 12.7 Å². The number of hydrogen-bond donors (Lipinski definition) is 1. The van der Waals surface area contributed by atoms with E-state index in [0.717, 1.165) is 11.1 Å². The number of rotatable bonds is 4. The average Bonchev–Trinajstić information content (AvgIpc) is 3.22. The summed E-state index contributed by atoms with van der Waals surface area (Å²) < 4.78 is 14.1. The van der Waals surface area contributed by atoms with Gasteiger partial charge in [0.2, 0.25) is 5.91 Å². The predicted molar refractivity (Wildman–Crippen MR) is 128 cm³/mol. The van der Waals surface area contributed by atoms with E-state index in [1.165, 1.54) is 23.9 Å². The number of anilines is 1. The number of hydrogen-bond acceptors (Lipinski definition) is 3. The lowest BCUT2D eigenvalue weighted by Crippen LogP contribution is -2.45. The van der Waals surface area contributed by atoms with E-state index >= 15 is 0 Å². The van der Waals surface area contributed by atoms with Crippen molar-refractivity contribution in [2.45, 2.75) is 18.3 Å². The molecule has 1 fully saturated rings. The number of nitrogens with one attached hydrogen (secondary N) is 1. The third-order valence-electron chi connectivity index (χ3n) is 5.27. The van der Waals surface area contributed by atoms with Gasteiger partial charge in [-0.2, -0.15) is 0 Å². The molecule has 0 saturated carbocycles. The first-order chi connectivity index (χ1) is 15.4. The molecule has 1 heterocycles. The summed E-state index contributed by atoms with van der Waals surface area (Å²) in [5.74, 6) is -0.919. The molecule has 8 heteroatoms. The molecule has 0 bridgehead atoms. The van der Waals surface area contributed by atoms with Gasteiger partial charge in [0, 0.05) is 11.3 Å². The minimum atomic E-state index is -0.800. The van der Waals surface area contributed by atoms with Crippen molar-refractivity contribution in [3.8, 4) is 0 Å². The highest BCUT2D eigenvalue weighted by molar-refractivity contribution is 7.99. The molecule has 1 aliphatic heterocycles. The fourth-order valence-electron chi connectivity index (χ4n) is 3.61. The lowest BCUT2D eigenvalue weighted by molar-refractivity contribution is -0.119. The topological polar surface area (TPSA) is 49.4 Å². The first kappa shape index (κ1) is 22.6. The van der Waals surface area contributed by atoms with Crippen molar-refractivity contribution in [1.82, 2.24) is 4.90 Å². The van der Waals surface area contributed by atoms with Gasteiger partial charge in [-0.25, -0.2) is 4.39 Å². The maximum absolute atomic E-state index is 14.1. The lowest BCUT2D eigenvalue weighted by atomic mass is 10.1. The summed E-state index contributed by atoms with van der Waals surface area (Å²) >= 11 is 13.7. The molecule has 0 aliphatic carbocycles. The Morgan fingerprint density at radius 3 is 2.47 bits per heavy atom. The summed E-state index contributed by atoms with van der Waals surface area (Å²) in [6, 6.07) is 17.5. The molecule has 1 saturated heterocycles. The summed E-state index contributed by atoms with van der Waals surface area (Å²) in [5.41, 5.74) is 2.13. The monoisotopic (exact) mass is 488 g/mol. The van der Waals surface area contributed by atoms with E-state index in [4.69, 9.17) is 23.2 Å². The number of thioether (sulfide) groups is 1. The molecule has 3 aromatic carbocycles. The Hall–Kier alpha value is -2.54. The van der Waals surface area contributed by atoms with Crippen LogP contribution in [0.4, 0.5) is 10.1 Å². The second-order valence-corrected chi connectivity index (χ2v) is 9.30. The number of carbonyl (C=O) groups is 2. The molecular weight excluding hydrogens is 470 g/mol. The fourth-order valence-corrected chi connectivity index (χ4v) is 5.34. The highest BCUT2D eigenvalue weighted by Crippen LogP contribution is 2.44. The van der Waals surface area contributed by atoms with E-state index in [-0.39, 0.29) is 11.6 Å². The van der Waals surface area contributed by atoms with Gasteiger partial charge in [0.05, 0.1) is 15.7 Å². The SMILES string of the molecule is Cc1ccccc1C(=O)N1C(C(=O)Nc2ccccc2F)CSC1c1ccc(Cl)c(Cl)c1. The van der Waals surface area contributed by atoms with Crippen LogP contribution in [0.25, 0.3) is 0 Å². The number of amides is 2. The van der Waals surface area contributed by atoms with Crippen LogP contribution in [0.15, 0.2) is 66.7 Å². The largest absolute Gasteiger partial charge is 0.322 e. The molecule has 2 amide bonds. The summed E-state index contributed by atoms with van der Waals surface area (Å²) in [7, 11) is 0. The molecule has 164 valence electrons. The Balaban J connectivity index is 1.71. The molecule has 3 aromatic rings. The Kier molecular flexibility index (Phi) is 6.74. The number of aryl methyl sites for hydroxylation is 1. The van der Waals surface area contributed by atoms with Crippen LogP contribution in [0.2, 0.25) is 10.0 Å².